The van der Waals surface area contributed by atoms with Gasteiger partial charge in [0, 0.05) is 31.8 Å². The molecule has 2 amide bonds. The number of aromatic nitrogens is 1. The second kappa shape index (κ2) is 5.69. The van der Waals surface area contributed by atoms with E-state index >= 15 is 0 Å². The molecule has 0 saturated heterocycles. The molecule has 6 heteroatoms. The molecular weight excluding hydrogens is 210 g/mol. The molecule has 0 fully saturated rings. The van der Waals surface area contributed by atoms with Gasteiger partial charge >= 0.3 is 0 Å². The lowest BCUT2D eigenvalue weighted by molar-refractivity contribution is -0.118. The van der Waals surface area contributed by atoms with Crippen LogP contribution in [0.5, 0.6) is 0 Å². The van der Waals surface area contributed by atoms with Gasteiger partial charge in [0.1, 0.15) is 5.69 Å². The van der Waals surface area contributed by atoms with Crippen molar-refractivity contribution >= 4 is 18.1 Å². The van der Waals surface area contributed by atoms with E-state index in [1.165, 1.54) is 19.2 Å². The molecule has 0 radical (unpaired) electrons. The van der Waals surface area contributed by atoms with Gasteiger partial charge in [-0.1, -0.05) is 0 Å². The Bertz CT molecular complexity index is 398. The van der Waals surface area contributed by atoms with E-state index in [0.717, 1.165) is 0 Å². The van der Waals surface area contributed by atoms with Crippen molar-refractivity contribution in [3.8, 4) is 0 Å². The highest BCUT2D eigenvalue weighted by atomic mass is 16.2. The first-order chi connectivity index (χ1) is 7.63. The third-order valence-electron chi connectivity index (χ3n) is 1.87. The average Bonchev–Trinajstić information content (AvgIpc) is 2.72. The molecule has 0 spiro atoms. The lowest BCUT2D eigenvalue weighted by Crippen LogP contribution is -2.33. The Balaban J connectivity index is 2.35. The maximum Gasteiger partial charge on any atom is 0.267 e. The molecule has 0 unspecified atom stereocenters. The summed E-state index contributed by atoms with van der Waals surface area (Å²) < 4.78 is 0. The lowest BCUT2D eigenvalue weighted by Gasteiger charge is -2.03. The van der Waals surface area contributed by atoms with E-state index in [1.54, 1.807) is 0 Å². The fraction of sp³-hybridized carbons (Fsp3) is 0.300. The molecule has 0 aliphatic carbocycles. The Kier molecular flexibility index (Phi) is 4.26. The first kappa shape index (κ1) is 12.0. The van der Waals surface area contributed by atoms with E-state index in [9.17, 15) is 14.4 Å². The molecule has 0 aliphatic heterocycles. The smallest absolute Gasteiger partial charge is 0.267 e. The summed E-state index contributed by atoms with van der Waals surface area (Å²) in [5, 5.41) is 5.14. The van der Waals surface area contributed by atoms with E-state index in [0.29, 0.717) is 30.6 Å². The molecule has 1 rings (SSSR count). The van der Waals surface area contributed by atoms with Crippen LogP contribution in [0.2, 0.25) is 0 Å². The second-order valence-corrected chi connectivity index (χ2v) is 3.20. The summed E-state index contributed by atoms with van der Waals surface area (Å²) in [5.41, 5.74) is 0.747. The van der Waals surface area contributed by atoms with Gasteiger partial charge in [0.2, 0.25) is 5.91 Å². The molecule has 16 heavy (non-hydrogen) atoms. The van der Waals surface area contributed by atoms with E-state index < -0.39 is 0 Å². The highest BCUT2D eigenvalue weighted by molar-refractivity contribution is 5.94. The fourth-order valence-corrected chi connectivity index (χ4v) is 1.12. The highest BCUT2D eigenvalue weighted by Gasteiger charge is 2.07. The third kappa shape index (κ3) is 3.56. The first-order valence-electron chi connectivity index (χ1n) is 4.79. The topological polar surface area (TPSA) is 91.1 Å². The fourth-order valence-electron chi connectivity index (χ4n) is 1.12. The largest absolute Gasteiger partial charge is 0.357 e. The van der Waals surface area contributed by atoms with E-state index in [4.69, 9.17) is 0 Å². The quantitative estimate of drug-likeness (QED) is 0.472. The third-order valence-corrected chi connectivity index (χ3v) is 1.87. The van der Waals surface area contributed by atoms with Gasteiger partial charge in [-0.05, 0) is 6.07 Å². The molecule has 1 heterocycles. The zero-order valence-corrected chi connectivity index (χ0v) is 8.87. The van der Waals surface area contributed by atoms with Crippen molar-refractivity contribution in [3.05, 3.63) is 23.5 Å². The zero-order valence-electron chi connectivity index (χ0n) is 8.87. The summed E-state index contributed by atoms with van der Waals surface area (Å²) in [6.45, 7) is 2.12. The minimum atomic E-state index is -0.307. The van der Waals surface area contributed by atoms with Gasteiger partial charge in [-0.2, -0.15) is 0 Å². The van der Waals surface area contributed by atoms with Crippen LogP contribution in [0.25, 0.3) is 0 Å². The van der Waals surface area contributed by atoms with Crippen LogP contribution in [0.3, 0.4) is 0 Å². The van der Waals surface area contributed by atoms with Crippen molar-refractivity contribution in [2.45, 2.75) is 6.92 Å². The Morgan fingerprint density at radius 3 is 2.62 bits per heavy atom. The van der Waals surface area contributed by atoms with Crippen molar-refractivity contribution in [2.24, 2.45) is 0 Å². The number of nitrogens with one attached hydrogen (secondary N) is 3. The number of H-pyrrole nitrogens is 1. The summed E-state index contributed by atoms with van der Waals surface area (Å²) >= 11 is 0. The molecule has 3 N–H and O–H groups in total. The standard InChI is InChI=1S/C10H13N3O3/c1-7(15)11-2-3-12-10(16)9-4-8(6-14)5-13-9/h4-6,13H,2-3H2,1H3,(H,11,15)(H,12,16). The van der Waals surface area contributed by atoms with Gasteiger partial charge in [0.15, 0.2) is 6.29 Å². The van der Waals surface area contributed by atoms with Gasteiger partial charge in [-0.15, -0.1) is 0 Å². The van der Waals surface area contributed by atoms with Crippen molar-refractivity contribution < 1.29 is 14.4 Å². The summed E-state index contributed by atoms with van der Waals surface area (Å²) in [5.74, 6) is -0.448. The van der Waals surface area contributed by atoms with Gasteiger partial charge < -0.3 is 15.6 Å². The van der Waals surface area contributed by atoms with Gasteiger partial charge in [0.05, 0.1) is 0 Å². The SMILES string of the molecule is CC(=O)NCCNC(=O)c1cc(C=O)c[nH]1. The molecule has 6 nitrogen and oxygen atoms in total. The molecule has 1 aromatic heterocycles. The van der Waals surface area contributed by atoms with Crippen LogP contribution in [-0.2, 0) is 4.79 Å². The molecule has 0 bridgehead atoms. The second-order valence-electron chi connectivity index (χ2n) is 3.20. The predicted octanol–water partition coefficient (Wildman–Crippen LogP) is -0.307. The number of aldehydes is 1. The minimum absolute atomic E-state index is 0.141. The summed E-state index contributed by atoms with van der Waals surface area (Å²) in [7, 11) is 0. The maximum atomic E-state index is 11.4. The molecule has 1 aromatic rings. The van der Waals surface area contributed by atoms with Crippen molar-refractivity contribution in [1.82, 2.24) is 15.6 Å². The van der Waals surface area contributed by atoms with Crippen LogP contribution < -0.4 is 10.6 Å². The van der Waals surface area contributed by atoms with Gasteiger partial charge in [0.25, 0.3) is 5.91 Å². The van der Waals surface area contributed by atoms with Gasteiger partial charge in [-0.25, -0.2) is 0 Å². The van der Waals surface area contributed by atoms with E-state index in [1.807, 2.05) is 0 Å². The Morgan fingerprint density at radius 1 is 1.38 bits per heavy atom. The van der Waals surface area contributed by atoms with Crippen molar-refractivity contribution in [1.29, 1.82) is 0 Å². The van der Waals surface area contributed by atoms with Crippen LogP contribution in [-0.4, -0.2) is 36.2 Å². The number of carbonyl (C=O) groups is 3. The molecule has 0 saturated carbocycles. The van der Waals surface area contributed by atoms with E-state index in [2.05, 4.69) is 15.6 Å². The molecule has 0 atom stereocenters. The minimum Gasteiger partial charge on any atom is -0.357 e. The molecular formula is C10H13N3O3. The maximum absolute atomic E-state index is 11.4. The zero-order chi connectivity index (χ0) is 12.0. The average molecular weight is 223 g/mol. The molecule has 86 valence electrons. The number of amides is 2. The predicted molar refractivity (Wildman–Crippen MR) is 57.2 cm³/mol. The van der Waals surface area contributed by atoms with Crippen LogP contribution in [0.15, 0.2) is 12.3 Å². The Labute approximate surface area is 92.4 Å². The van der Waals surface area contributed by atoms with Crippen LogP contribution in [0.4, 0.5) is 0 Å². The number of carbonyl (C=O) groups excluding carboxylic acids is 3. The van der Waals surface area contributed by atoms with Crippen molar-refractivity contribution in [3.63, 3.8) is 0 Å². The monoisotopic (exact) mass is 223 g/mol. The first-order valence-corrected chi connectivity index (χ1v) is 4.79. The normalized spacial score (nSPS) is 9.56. The number of aromatic amines is 1. The number of hydrogen-bond acceptors (Lipinski definition) is 3. The summed E-state index contributed by atoms with van der Waals surface area (Å²) in [6, 6.07) is 1.46. The highest BCUT2D eigenvalue weighted by Crippen LogP contribution is 1.99. The molecule has 0 aliphatic rings. The molecule has 0 aromatic carbocycles. The summed E-state index contributed by atoms with van der Waals surface area (Å²) in [6.07, 6.45) is 2.11. The number of hydrogen-bond donors (Lipinski definition) is 3. The Morgan fingerprint density at radius 2 is 2.06 bits per heavy atom. The number of rotatable bonds is 5. The van der Waals surface area contributed by atoms with Crippen molar-refractivity contribution in [2.75, 3.05) is 13.1 Å². The van der Waals surface area contributed by atoms with Crippen LogP contribution in [0.1, 0.15) is 27.8 Å². The van der Waals surface area contributed by atoms with Crippen LogP contribution >= 0.6 is 0 Å². The lowest BCUT2D eigenvalue weighted by atomic mass is 10.3. The summed E-state index contributed by atoms with van der Waals surface area (Å²) in [4.78, 5) is 35.0. The van der Waals surface area contributed by atoms with Gasteiger partial charge in [-0.3, -0.25) is 14.4 Å². The van der Waals surface area contributed by atoms with Crippen LogP contribution in [0, 0.1) is 0 Å². The van der Waals surface area contributed by atoms with E-state index in [-0.39, 0.29) is 11.8 Å². The Hall–Kier alpha value is -2.11.